The molecule has 0 saturated carbocycles. The summed E-state index contributed by atoms with van der Waals surface area (Å²) in [5.74, 6) is 0.313. The van der Waals surface area contributed by atoms with Crippen LogP contribution in [0.1, 0.15) is 60.3 Å². The lowest BCUT2D eigenvalue weighted by molar-refractivity contribution is -0.132. The molecule has 0 heterocycles. The first-order valence-corrected chi connectivity index (χ1v) is 7.66. The van der Waals surface area contributed by atoms with Crippen molar-refractivity contribution < 1.29 is 4.79 Å². The van der Waals surface area contributed by atoms with Crippen LogP contribution in [0.4, 0.5) is 0 Å². The fourth-order valence-electron chi connectivity index (χ4n) is 2.50. The summed E-state index contributed by atoms with van der Waals surface area (Å²) >= 11 is 0. The Bertz CT molecular complexity index is 211. The summed E-state index contributed by atoms with van der Waals surface area (Å²) in [5, 5.41) is 0. The zero-order valence-electron chi connectivity index (χ0n) is 13.0. The van der Waals surface area contributed by atoms with Crippen molar-refractivity contribution in [3.63, 3.8) is 0 Å². The van der Waals surface area contributed by atoms with Crippen molar-refractivity contribution >= 4 is 5.91 Å². The van der Waals surface area contributed by atoms with Gasteiger partial charge in [0.25, 0.3) is 0 Å². The molecule has 0 N–H and O–H groups in total. The van der Waals surface area contributed by atoms with Crippen LogP contribution in [0.25, 0.3) is 0 Å². The van der Waals surface area contributed by atoms with E-state index in [2.05, 4.69) is 39.5 Å². The summed E-state index contributed by atoms with van der Waals surface area (Å²) in [6.07, 6.45) is 4.25. The van der Waals surface area contributed by atoms with Crippen molar-refractivity contribution in [2.24, 2.45) is 0 Å². The highest BCUT2D eigenvalue weighted by Gasteiger charge is 2.21. The standard InChI is InChI=1S/C15H32N2O/c1-6-11-12-14(16(7-2)8-3)13-15(18)17(9-4)10-5/h14H,6-13H2,1-5H3. The second-order valence-corrected chi connectivity index (χ2v) is 4.79. The topological polar surface area (TPSA) is 23.6 Å². The molecule has 1 atom stereocenters. The molecule has 0 radical (unpaired) electrons. The normalized spacial score (nSPS) is 12.8. The van der Waals surface area contributed by atoms with Crippen LogP contribution in [-0.2, 0) is 4.79 Å². The molecule has 3 nitrogen and oxygen atoms in total. The Morgan fingerprint density at radius 1 is 0.944 bits per heavy atom. The molecule has 1 amide bonds. The van der Waals surface area contributed by atoms with E-state index in [1.165, 1.54) is 12.8 Å². The summed E-state index contributed by atoms with van der Waals surface area (Å²) in [6.45, 7) is 14.4. The molecule has 0 aromatic rings. The monoisotopic (exact) mass is 256 g/mol. The first-order chi connectivity index (χ1) is 8.64. The van der Waals surface area contributed by atoms with Crippen LogP contribution < -0.4 is 0 Å². The van der Waals surface area contributed by atoms with E-state index in [1.54, 1.807) is 0 Å². The van der Waals surface area contributed by atoms with Gasteiger partial charge in [0, 0.05) is 25.6 Å². The van der Waals surface area contributed by atoms with E-state index in [0.717, 1.165) is 32.6 Å². The van der Waals surface area contributed by atoms with Crippen molar-refractivity contribution in [1.82, 2.24) is 9.80 Å². The van der Waals surface area contributed by atoms with E-state index in [1.807, 2.05) is 4.90 Å². The van der Waals surface area contributed by atoms with E-state index in [9.17, 15) is 4.79 Å². The Kier molecular flexibility index (Phi) is 10.0. The number of unbranched alkanes of at least 4 members (excludes halogenated alkanes) is 1. The van der Waals surface area contributed by atoms with Crippen molar-refractivity contribution in [1.29, 1.82) is 0 Å². The van der Waals surface area contributed by atoms with Gasteiger partial charge in [0.05, 0.1) is 0 Å². The van der Waals surface area contributed by atoms with E-state index in [-0.39, 0.29) is 0 Å². The molecule has 0 aromatic heterocycles. The summed E-state index contributed by atoms with van der Waals surface area (Å²) in [4.78, 5) is 16.6. The molecule has 108 valence electrons. The van der Waals surface area contributed by atoms with E-state index < -0.39 is 0 Å². The van der Waals surface area contributed by atoms with Gasteiger partial charge in [0.15, 0.2) is 0 Å². The molecule has 0 fully saturated rings. The van der Waals surface area contributed by atoms with E-state index in [0.29, 0.717) is 18.4 Å². The van der Waals surface area contributed by atoms with Crippen molar-refractivity contribution in [3.05, 3.63) is 0 Å². The number of hydrogen-bond donors (Lipinski definition) is 0. The molecule has 0 aliphatic rings. The highest BCUT2D eigenvalue weighted by molar-refractivity contribution is 5.76. The lowest BCUT2D eigenvalue weighted by Gasteiger charge is -2.31. The number of amides is 1. The van der Waals surface area contributed by atoms with Crippen molar-refractivity contribution in [2.75, 3.05) is 26.2 Å². The third-order valence-corrected chi connectivity index (χ3v) is 3.75. The van der Waals surface area contributed by atoms with Crippen LogP contribution in [0.3, 0.4) is 0 Å². The van der Waals surface area contributed by atoms with Crippen molar-refractivity contribution in [2.45, 2.75) is 66.3 Å². The largest absolute Gasteiger partial charge is 0.343 e. The fourth-order valence-corrected chi connectivity index (χ4v) is 2.50. The van der Waals surface area contributed by atoms with Gasteiger partial charge < -0.3 is 9.80 Å². The quantitative estimate of drug-likeness (QED) is 0.599. The lowest BCUT2D eigenvalue weighted by atomic mass is 10.0. The zero-order chi connectivity index (χ0) is 14.0. The molecule has 18 heavy (non-hydrogen) atoms. The smallest absolute Gasteiger partial charge is 0.224 e. The molecular formula is C15H32N2O. The third kappa shape index (κ3) is 5.85. The number of carbonyl (C=O) groups excluding carboxylic acids is 1. The minimum atomic E-state index is 0.313. The molecule has 1 unspecified atom stereocenters. The van der Waals surface area contributed by atoms with Crippen molar-refractivity contribution in [3.8, 4) is 0 Å². The maximum atomic E-state index is 12.2. The van der Waals surface area contributed by atoms with Gasteiger partial charge in [0.1, 0.15) is 0 Å². The van der Waals surface area contributed by atoms with E-state index in [4.69, 9.17) is 0 Å². The maximum absolute atomic E-state index is 12.2. The van der Waals surface area contributed by atoms with Gasteiger partial charge in [-0.15, -0.1) is 0 Å². The number of rotatable bonds is 10. The Balaban J connectivity index is 4.51. The Morgan fingerprint density at radius 3 is 1.89 bits per heavy atom. The van der Waals surface area contributed by atoms with Gasteiger partial charge in [-0.2, -0.15) is 0 Å². The van der Waals surface area contributed by atoms with E-state index >= 15 is 0 Å². The number of nitrogens with zero attached hydrogens (tertiary/aromatic N) is 2. The molecule has 0 rings (SSSR count). The number of hydrogen-bond acceptors (Lipinski definition) is 2. The van der Waals surface area contributed by atoms with Gasteiger partial charge >= 0.3 is 0 Å². The highest BCUT2D eigenvalue weighted by atomic mass is 16.2. The molecule has 0 aliphatic carbocycles. The third-order valence-electron chi connectivity index (χ3n) is 3.75. The summed E-state index contributed by atoms with van der Waals surface area (Å²) in [7, 11) is 0. The van der Waals surface area contributed by atoms with Crippen LogP contribution >= 0.6 is 0 Å². The molecule has 0 saturated heterocycles. The van der Waals surface area contributed by atoms with Gasteiger partial charge in [-0.3, -0.25) is 4.79 Å². The predicted molar refractivity (Wildman–Crippen MR) is 78.8 cm³/mol. The Labute approximate surface area is 114 Å². The van der Waals surface area contributed by atoms with Crippen LogP contribution in [0.15, 0.2) is 0 Å². The first kappa shape index (κ1) is 17.4. The van der Waals surface area contributed by atoms with Gasteiger partial charge in [-0.1, -0.05) is 33.6 Å². The fraction of sp³-hybridized carbons (Fsp3) is 0.933. The minimum Gasteiger partial charge on any atom is -0.343 e. The average molecular weight is 256 g/mol. The lowest BCUT2D eigenvalue weighted by Crippen LogP contribution is -2.41. The summed E-state index contributed by atoms with van der Waals surface area (Å²) in [6, 6.07) is 0.424. The molecule has 0 aromatic carbocycles. The van der Waals surface area contributed by atoms with Gasteiger partial charge in [0.2, 0.25) is 5.91 Å². The molecule has 0 spiro atoms. The van der Waals surface area contributed by atoms with Gasteiger partial charge in [-0.25, -0.2) is 0 Å². The highest BCUT2D eigenvalue weighted by Crippen LogP contribution is 2.14. The van der Waals surface area contributed by atoms with Gasteiger partial charge in [-0.05, 0) is 33.4 Å². The molecule has 0 aliphatic heterocycles. The zero-order valence-corrected chi connectivity index (χ0v) is 13.0. The molecule has 0 bridgehead atoms. The maximum Gasteiger partial charge on any atom is 0.224 e. The second-order valence-electron chi connectivity index (χ2n) is 4.79. The SMILES string of the molecule is CCCCC(CC(=O)N(CC)CC)N(CC)CC. The summed E-state index contributed by atoms with van der Waals surface area (Å²) in [5.41, 5.74) is 0. The predicted octanol–water partition coefficient (Wildman–Crippen LogP) is 3.15. The second kappa shape index (κ2) is 10.4. The van der Waals surface area contributed by atoms with Crippen LogP contribution in [0.2, 0.25) is 0 Å². The van der Waals surface area contributed by atoms with Crippen LogP contribution in [0, 0.1) is 0 Å². The van der Waals surface area contributed by atoms with Crippen LogP contribution in [0.5, 0.6) is 0 Å². The summed E-state index contributed by atoms with van der Waals surface area (Å²) < 4.78 is 0. The minimum absolute atomic E-state index is 0.313. The molecular weight excluding hydrogens is 224 g/mol. The average Bonchev–Trinajstić information content (AvgIpc) is 2.38. The van der Waals surface area contributed by atoms with Crippen LogP contribution in [-0.4, -0.2) is 47.9 Å². The Morgan fingerprint density at radius 2 is 1.50 bits per heavy atom. The molecule has 3 heteroatoms. The number of carbonyl (C=O) groups is 1. The first-order valence-electron chi connectivity index (χ1n) is 7.66. The Hall–Kier alpha value is -0.570.